The fourth-order valence-electron chi connectivity index (χ4n) is 4.03. The quantitative estimate of drug-likeness (QED) is 0.719. The van der Waals surface area contributed by atoms with E-state index < -0.39 is 5.60 Å². The average molecular weight is 388 g/mol. The maximum absolute atomic E-state index is 12.8. The lowest BCUT2D eigenvalue weighted by Crippen LogP contribution is -2.27. The Bertz CT molecular complexity index is 1110. The van der Waals surface area contributed by atoms with Crippen LogP contribution < -0.4 is 10.9 Å². The van der Waals surface area contributed by atoms with Crippen LogP contribution in [0.15, 0.2) is 71.7 Å². The highest BCUT2D eigenvalue weighted by Gasteiger charge is 2.30. The van der Waals surface area contributed by atoms with Crippen molar-refractivity contribution in [3.8, 4) is 5.69 Å². The van der Waals surface area contributed by atoms with E-state index >= 15 is 0 Å². The first-order valence-electron chi connectivity index (χ1n) is 9.78. The molecule has 0 fully saturated rings. The molecule has 3 aromatic rings. The van der Waals surface area contributed by atoms with Crippen LogP contribution in [0.25, 0.3) is 5.69 Å². The number of carbonyl (C=O) groups excluding carboxylic acids is 1. The predicted molar refractivity (Wildman–Crippen MR) is 112 cm³/mol. The largest absolute Gasteiger partial charge is 0.386 e. The molecule has 0 saturated carbocycles. The number of fused-ring (bicyclic) bond motifs is 1. The Hall–Kier alpha value is -3.18. The fourth-order valence-corrected chi connectivity index (χ4v) is 4.03. The number of benzene rings is 2. The lowest BCUT2D eigenvalue weighted by atomic mass is 9.91. The molecule has 0 bridgehead atoms. The topological polar surface area (TPSA) is 71.3 Å². The van der Waals surface area contributed by atoms with Gasteiger partial charge in [0.2, 0.25) is 0 Å². The summed E-state index contributed by atoms with van der Waals surface area (Å²) in [6.45, 7) is 3.57. The van der Waals surface area contributed by atoms with Crippen molar-refractivity contribution in [2.24, 2.45) is 0 Å². The molecule has 4 rings (SSSR count). The van der Waals surface area contributed by atoms with Crippen molar-refractivity contribution in [2.75, 3.05) is 0 Å². The molecule has 0 radical (unpaired) electrons. The van der Waals surface area contributed by atoms with Crippen molar-refractivity contribution in [1.82, 2.24) is 9.88 Å². The SMILES string of the molecule is CC(C)(O)c1cccc2c1CCC2NC(=O)c1ccc(-n2ccccc2=O)cc1. The number of pyridine rings is 1. The monoisotopic (exact) mass is 388 g/mol. The number of hydrogen-bond donors (Lipinski definition) is 2. The summed E-state index contributed by atoms with van der Waals surface area (Å²) in [5.41, 5.74) is 3.36. The zero-order valence-electron chi connectivity index (χ0n) is 16.6. The smallest absolute Gasteiger partial charge is 0.255 e. The van der Waals surface area contributed by atoms with Gasteiger partial charge in [0.1, 0.15) is 0 Å². The normalized spacial score (nSPS) is 15.8. The summed E-state index contributed by atoms with van der Waals surface area (Å²) in [5, 5.41) is 13.5. The maximum atomic E-state index is 12.8. The molecule has 1 aliphatic carbocycles. The first kappa shape index (κ1) is 19.2. The number of rotatable bonds is 4. The molecule has 0 saturated heterocycles. The van der Waals surface area contributed by atoms with Crippen molar-refractivity contribution in [2.45, 2.75) is 38.3 Å². The van der Waals surface area contributed by atoms with E-state index in [1.54, 1.807) is 56.4 Å². The third-order valence-electron chi connectivity index (χ3n) is 5.47. The van der Waals surface area contributed by atoms with E-state index in [2.05, 4.69) is 5.32 Å². The molecule has 1 aliphatic rings. The Balaban J connectivity index is 1.53. The molecule has 5 heteroatoms. The molecule has 0 aliphatic heterocycles. The van der Waals surface area contributed by atoms with Gasteiger partial charge in [-0.1, -0.05) is 24.3 Å². The highest BCUT2D eigenvalue weighted by atomic mass is 16.3. The number of nitrogens with one attached hydrogen (secondary N) is 1. The highest BCUT2D eigenvalue weighted by Crippen LogP contribution is 2.37. The van der Waals surface area contributed by atoms with E-state index in [9.17, 15) is 14.7 Å². The van der Waals surface area contributed by atoms with Gasteiger partial charge in [0.25, 0.3) is 11.5 Å². The van der Waals surface area contributed by atoms with Crippen LogP contribution in [0.3, 0.4) is 0 Å². The van der Waals surface area contributed by atoms with E-state index in [0.29, 0.717) is 11.3 Å². The zero-order valence-corrected chi connectivity index (χ0v) is 16.6. The number of aliphatic hydroxyl groups is 1. The zero-order chi connectivity index (χ0) is 20.6. The van der Waals surface area contributed by atoms with Crippen LogP contribution in [-0.2, 0) is 12.0 Å². The molecule has 1 atom stereocenters. The average Bonchev–Trinajstić information content (AvgIpc) is 3.10. The molecule has 5 nitrogen and oxygen atoms in total. The van der Waals surface area contributed by atoms with Gasteiger partial charge in [0.15, 0.2) is 0 Å². The summed E-state index contributed by atoms with van der Waals surface area (Å²) in [4.78, 5) is 24.7. The molecular weight excluding hydrogens is 364 g/mol. The van der Waals surface area contributed by atoms with Gasteiger partial charge in [0.05, 0.1) is 11.6 Å². The number of hydrogen-bond acceptors (Lipinski definition) is 3. The van der Waals surface area contributed by atoms with Crippen LogP contribution in [-0.4, -0.2) is 15.6 Å². The van der Waals surface area contributed by atoms with E-state index in [1.165, 1.54) is 10.6 Å². The Labute approximate surface area is 169 Å². The third kappa shape index (κ3) is 3.74. The van der Waals surface area contributed by atoms with Crippen molar-refractivity contribution in [1.29, 1.82) is 0 Å². The van der Waals surface area contributed by atoms with Crippen molar-refractivity contribution in [3.63, 3.8) is 0 Å². The van der Waals surface area contributed by atoms with Crippen molar-refractivity contribution in [3.05, 3.63) is 99.5 Å². The number of amides is 1. The number of aromatic nitrogens is 1. The standard InChI is InChI=1S/C24H24N2O3/c1-24(2,29)20-7-5-6-19-18(20)13-14-21(19)25-23(28)16-9-11-17(12-10-16)26-15-4-3-8-22(26)27/h3-12,15,21,29H,13-14H2,1-2H3,(H,25,28). The predicted octanol–water partition coefficient (Wildman–Crippen LogP) is 3.48. The summed E-state index contributed by atoms with van der Waals surface area (Å²) < 4.78 is 1.53. The van der Waals surface area contributed by atoms with Crippen LogP contribution in [0.5, 0.6) is 0 Å². The molecule has 148 valence electrons. The first-order valence-corrected chi connectivity index (χ1v) is 9.78. The summed E-state index contributed by atoms with van der Waals surface area (Å²) >= 11 is 0. The maximum Gasteiger partial charge on any atom is 0.255 e. The van der Waals surface area contributed by atoms with Gasteiger partial charge < -0.3 is 10.4 Å². The van der Waals surface area contributed by atoms with Gasteiger partial charge in [-0.2, -0.15) is 0 Å². The first-order chi connectivity index (χ1) is 13.8. The van der Waals surface area contributed by atoms with Gasteiger partial charge in [-0.3, -0.25) is 14.2 Å². The van der Waals surface area contributed by atoms with Gasteiger partial charge in [0, 0.05) is 23.5 Å². The van der Waals surface area contributed by atoms with E-state index in [-0.39, 0.29) is 17.5 Å². The third-order valence-corrected chi connectivity index (χ3v) is 5.47. The molecular formula is C24H24N2O3. The highest BCUT2D eigenvalue weighted by molar-refractivity contribution is 5.94. The Kier molecular flexibility index (Phi) is 4.84. The van der Waals surface area contributed by atoms with Crippen LogP contribution >= 0.6 is 0 Å². The van der Waals surface area contributed by atoms with E-state index in [1.807, 2.05) is 18.2 Å². The molecule has 1 amide bonds. The molecule has 29 heavy (non-hydrogen) atoms. The van der Waals surface area contributed by atoms with Crippen molar-refractivity contribution >= 4 is 5.91 Å². The van der Waals surface area contributed by atoms with E-state index in [0.717, 1.165) is 29.5 Å². The van der Waals surface area contributed by atoms with Gasteiger partial charge in [-0.05, 0) is 73.7 Å². The molecule has 2 N–H and O–H groups in total. The van der Waals surface area contributed by atoms with Gasteiger partial charge >= 0.3 is 0 Å². The lowest BCUT2D eigenvalue weighted by molar-refractivity contribution is 0.0777. The van der Waals surface area contributed by atoms with Crippen molar-refractivity contribution < 1.29 is 9.90 Å². The molecule has 1 heterocycles. The van der Waals surface area contributed by atoms with Gasteiger partial charge in [-0.15, -0.1) is 0 Å². The van der Waals surface area contributed by atoms with Gasteiger partial charge in [-0.25, -0.2) is 0 Å². The van der Waals surface area contributed by atoms with Crippen LogP contribution in [0.4, 0.5) is 0 Å². The number of nitrogens with zero attached hydrogens (tertiary/aromatic N) is 1. The Morgan fingerprint density at radius 3 is 2.52 bits per heavy atom. The second kappa shape index (κ2) is 7.33. The molecule has 1 aromatic heterocycles. The van der Waals surface area contributed by atoms with E-state index in [4.69, 9.17) is 0 Å². The lowest BCUT2D eigenvalue weighted by Gasteiger charge is -2.22. The minimum absolute atomic E-state index is 0.0729. The summed E-state index contributed by atoms with van der Waals surface area (Å²) in [7, 11) is 0. The summed E-state index contributed by atoms with van der Waals surface area (Å²) in [5.74, 6) is -0.150. The molecule has 2 aromatic carbocycles. The fraction of sp³-hybridized carbons (Fsp3) is 0.250. The second-order valence-corrected chi connectivity index (χ2v) is 7.95. The van der Waals surface area contributed by atoms with Crippen LogP contribution in [0, 0.1) is 0 Å². The van der Waals surface area contributed by atoms with Crippen LogP contribution in [0.1, 0.15) is 53.4 Å². The van der Waals surface area contributed by atoms with Crippen LogP contribution in [0.2, 0.25) is 0 Å². The molecule has 1 unspecified atom stereocenters. The Morgan fingerprint density at radius 2 is 1.83 bits per heavy atom. The number of carbonyl (C=O) groups is 1. The Morgan fingerprint density at radius 1 is 1.07 bits per heavy atom. The minimum atomic E-state index is -0.907. The summed E-state index contributed by atoms with van der Waals surface area (Å²) in [6.07, 6.45) is 3.34. The second-order valence-electron chi connectivity index (χ2n) is 7.95. The summed E-state index contributed by atoms with van der Waals surface area (Å²) in [6, 6.07) is 17.8. The molecule has 0 spiro atoms. The minimum Gasteiger partial charge on any atom is -0.386 e.